The fraction of sp³-hybridized carbons (Fsp3) is 0.571. The zero-order valence-electron chi connectivity index (χ0n) is 11.9. The number of nitrogens with zero attached hydrogens (tertiary/aromatic N) is 1. The first-order chi connectivity index (χ1) is 9.42. The number of rotatable bonds is 4. The lowest BCUT2D eigenvalue weighted by molar-refractivity contribution is 0.282. The maximum absolute atomic E-state index is 12.5. The Morgan fingerprint density at radius 2 is 2.20 bits per heavy atom. The van der Waals surface area contributed by atoms with Crippen LogP contribution in [0.4, 0.5) is 5.69 Å². The van der Waals surface area contributed by atoms with E-state index in [1.54, 1.807) is 4.31 Å². The third-order valence-corrected chi connectivity index (χ3v) is 5.63. The summed E-state index contributed by atoms with van der Waals surface area (Å²) in [7, 11) is -3.45. The van der Waals surface area contributed by atoms with Crippen molar-refractivity contribution in [2.24, 2.45) is 5.92 Å². The summed E-state index contributed by atoms with van der Waals surface area (Å²) in [5.74, 6) is 0.427. The Kier molecular flexibility index (Phi) is 5.09. The molecule has 0 aliphatic carbocycles. The van der Waals surface area contributed by atoms with Crippen molar-refractivity contribution in [3.05, 3.63) is 28.2 Å². The number of aryl methyl sites for hydroxylation is 1. The topological polar surface area (TPSA) is 49.4 Å². The summed E-state index contributed by atoms with van der Waals surface area (Å²) >= 11 is 3.41. The first-order valence-corrected chi connectivity index (χ1v) is 9.22. The third-order valence-electron chi connectivity index (χ3n) is 3.65. The molecule has 1 fully saturated rings. The Morgan fingerprint density at radius 3 is 2.85 bits per heavy atom. The molecule has 1 aromatic carbocycles. The van der Waals surface area contributed by atoms with Gasteiger partial charge in [0.2, 0.25) is 0 Å². The summed E-state index contributed by atoms with van der Waals surface area (Å²) in [4.78, 5) is 0. The maximum Gasteiger partial charge on any atom is 0.301 e. The van der Waals surface area contributed by atoms with Gasteiger partial charge in [-0.1, -0.05) is 29.8 Å². The lowest BCUT2D eigenvalue weighted by Crippen LogP contribution is -2.42. The predicted molar refractivity (Wildman–Crippen MR) is 86.0 cm³/mol. The van der Waals surface area contributed by atoms with Crippen LogP contribution in [0.1, 0.15) is 32.3 Å². The Labute approximate surface area is 129 Å². The van der Waals surface area contributed by atoms with Crippen molar-refractivity contribution < 1.29 is 8.42 Å². The van der Waals surface area contributed by atoms with E-state index in [-0.39, 0.29) is 0 Å². The van der Waals surface area contributed by atoms with Gasteiger partial charge in [-0.05, 0) is 48.9 Å². The number of benzene rings is 1. The molecule has 1 heterocycles. The van der Waals surface area contributed by atoms with E-state index in [0.717, 1.165) is 29.3 Å². The lowest BCUT2D eigenvalue weighted by atomic mass is 10.0. The molecule has 0 amide bonds. The van der Waals surface area contributed by atoms with Gasteiger partial charge in [-0.2, -0.15) is 12.7 Å². The van der Waals surface area contributed by atoms with Gasteiger partial charge in [-0.25, -0.2) is 0 Å². The molecule has 2 rings (SSSR count). The minimum Gasteiger partial charge on any atom is -0.271 e. The largest absolute Gasteiger partial charge is 0.301 e. The number of hydrogen-bond donors (Lipinski definition) is 1. The van der Waals surface area contributed by atoms with Crippen LogP contribution in [0.15, 0.2) is 22.7 Å². The van der Waals surface area contributed by atoms with Gasteiger partial charge in [0, 0.05) is 17.6 Å². The Morgan fingerprint density at radius 1 is 1.45 bits per heavy atom. The van der Waals surface area contributed by atoms with Crippen molar-refractivity contribution in [3.63, 3.8) is 0 Å². The highest BCUT2D eigenvalue weighted by molar-refractivity contribution is 9.10. The second-order valence-corrected chi connectivity index (χ2v) is 7.95. The molecule has 1 N–H and O–H groups in total. The van der Waals surface area contributed by atoms with Gasteiger partial charge in [0.1, 0.15) is 0 Å². The molecule has 0 spiro atoms. The third kappa shape index (κ3) is 3.74. The molecule has 1 aromatic rings. The second kappa shape index (κ2) is 6.45. The van der Waals surface area contributed by atoms with Crippen LogP contribution in [-0.4, -0.2) is 25.8 Å². The van der Waals surface area contributed by atoms with Crippen molar-refractivity contribution in [3.8, 4) is 0 Å². The van der Waals surface area contributed by atoms with E-state index >= 15 is 0 Å². The summed E-state index contributed by atoms with van der Waals surface area (Å²) in [6.45, 7) is 5.33. The number of hydrogen-bond acceptors (Lipinski definition) is 2. The molecule has 20 heavy (non-hydrogen) atoms. The molecule has 6 heteroatoms. The van der Waals surface area contributed by atoms with Gasteiger partial charge in [0.05, 0.1) is 5.69 Å². The van der Waals surface area contributed by atoms with Crippen LogP contribution in [-0.2, 0) is 16.6 Å². The zero-order chi connectivity index (χ0) is 14.8. The van der Waals surface area contributed by atoms with Crippen LogP contribution in [0, 0.1) is 5.92 Å². The van der Waals surface area contributed by atoms with Crippen LogP contribution in [0.5, 0.6) is 0 Å². The summed E-state index contributed by atoms with van der Waals surface area (Å²) in [5, 5.41) is 0. The van der Waals surface area contributed by atoms with Crippen LogP contribution >= 0.6 is 15.9 Å². The van der Waals surface area contributed by atoms with Crippen LogP contribution in [0.2, 0.25) is 0 Å². The first-order valence-electron chi connectivity index (χ1n) is 6.98. The highest BCUT2D eigenvalue weighted by Crippen LogP contribution is 2.25. The van der Waals surface area contributed by atoms with Gasteiger partial charge in [0.15, 0.2) is 0 Å². The molecule has 0 radical (unpaired) electrons. The van der Waals surface area contributed by atoms with E-state index in [4.69, 9.17) is 0 Å². The van der Waals surface area contributed by atoms with Gasteiger partial charge >= 0.3 is 10.2 Å². The Bertz CT molecular complexity index is 575. The van der Waals surface area contributed by atoms with Crippen LogP contribution in [0.25, 0.3) is 0 Å². The van der Waals surface area contributed by atoms with Crippen molar-refractivity contribution in [1.29, 1.82) is 0 Å². The molecule has 1 aliphatic rings. The molecular weight excluding hydrogens is 340 g/mol. The Hall–Kier alpha value is -0.590. The van der Waals surface area contributed by atoms with Gasteiger partial charge in [0.25, 0.3) is 0 Å². The molecule has 112 valence electrons. The number of halogens is 1. The van der Waals surface area contributed by atoms with E-state index in [0.29, 0.717) is 24.7 Å². The lowest BCUT2D eigenvalue weighted by Gasteiger charge is -2.30. The van der Waals surface area contributed by atoms with E-state index in [2.05, 4.69) is 27.6 Å². The summed E-state index contributed by atoms with van der Waals surface area (Å²) in [6.07, 6.45) is 2.82. The quantitative estimate of drug-likeness (QED) is 0.894. The van der Waals surface area contributed by atoms with Gasteiger partial charge in [-0.15, -0.1) is 0 Å². The molecule has 0 bridgehead atoms. The molecule has 4 nitrogen and oxygen atoms in total. The molecule has 1 saturated heterocycles. The monoisotopic (exact) mass is 360 g/mol. The van der Waals surface area contributed by atoms with Crippen molar-refractivity contribution in [1.82, 2.24) is 4.31 Å². The molecular formula is C14H21BrN2O2S. The van der Waals surface area contributed by atoms with Gasteiger partial charge in [-0.3, -0.25) is 4.72 Å². The van der Waals surface area contributed by atoms with Crippen molar-refractivity contribution in [2.45, 2.75) is 33.1 Å². The minimum absolute atomic E-state index is 0.427. The average molecular weight is 361 g/mol. The zero-order valence-corrected chi connectivity index (χ0v) is 14.3. The average Bonchev–Trinajstić information content (AvgIpc) is 2.40. The normalized spacial score (nSPS) is 20.9. The van der Waals surface area contributed by atoms with E-state index < -0.39 is 10.2 Å². The predicted octanol–water partition coefficient (Wildman–Crippen LogP) is 3.40. The van der Waals surface area contributed by atoms with Gasteiger partial charge < -0.3 is 0 Å². The number of anilines is 1. The standard InChI is InChI=1S/C14H21BrN2O2S/c1-3-12-9-13(15)6-7-14(12)16-20(18,19)17-8-4-5-11(2)10-17/h6-7,9,11,16H,3-5,8,10H2,1-2H3. The van der Waals surface area contributed by atoms with E-state index in [1.165, 1.54) is 0 Å². The maximum atomic E-state index is 12.5. The van der Waals surface area contributed by atoms with E-state index in [1.807, 2.05) is 25.1 Å². The molecule has 0 aromatic heterocycles. The minimum atomic E-state index is -3.45. The van der Waals surface area contributed by atoms with Crippen LogP contribution in [0.3, 0.4) is 0 Å². The van der Waals surface area contributed by atoms with Crippen molar-refractivity contribution in [2.75, 3.05) is 17.8 Å². The fourth-order valence-corrected chi connectivity index (χ4v) is 4.36. The highest BCUT2D eigenvalue weighted by Gasteiger charge is 2.27. The molecule has 1 atom stereocenters. The molecule has 0 saturated carbocycles. The Balaban J connectivity index is 2.19. The second-order valence-electron chi connectivity index (χ2n) is 5.37. The van der Waals surface area contributed by atoms with Crippen molar-refractivity contribution >= 4 is 31.8 Å². The smallest absolute Gasteiger partial charge is 0.271 e. The highest BCUT2D eigenvalue weighted by atomic mass is 79.9. The summed E-state index contributed by atoms with van der Waals surface area (Å²) in [6, 6.07) is 5.63. The fourth-order valence-electron chi connectivity index (χ4n) is 2.52. The van der Waals surface area contributed by atoms with Crippen LogP contribution < -0.4 is 4.72 Å². The summed E-state index contributed by atoms with van der Waals surface area (Å²) in [5.41, 5.74) is 1.67. The first kappa shape index (κ1) is 15.8. The molecule has 1 unspecified atom stereocenters. The number of nitrogens with one attached hydrogen (secondary N) is 1. The molecule has 1 aliphatic heterocycles. The van der Waals surface area contributed by atoms with E-state index in [9.17, 15) is 8.42 Å². The summed E-state index contributed by atoms with van der Waals surface area (Å²) < 4.78 is 30.2. The SMILES string of the molecule is CCc1cc(Br)ccc1NS(=O)(=O)N1CCCC(C)C1. The number of piperidine rings is 1.